The van der Waals surface area contributed by atoms with Gasteiger partial charge in [-0.2, -0.15) is 0 Å². The maximum atomic E-state index is 15.1. The van der Waals surface area contributed by atoms with Crippen LogP contribution in [0.25, 0.3) is 22.3 Å². The Labute approximate surface area is 220 Å². The van der Waals surface area contributed by atoms with E-state index in [9.17, 15) is 8.78 Å². The van der Waals surface area contributed by atoms with E-state index in [1.165, 1.54) is 6.42 Å². The summed E-state index contributed by atoms with van der Waals surface area (Å²) in [5, 5.41) is 0. The molecule has 1 fully saturated rings. The molecule has 4 rings (SSSR count). The first-order chi connectivity index (χ1) is 18.0. The molecule has 0 bridgehead atoms. The van der Waals surface area contributed by atoms with Crippen LogP contribution in [0.4, 0.5) is 13.2 Å². The van der Waals surface area contributed by atoms with Gasteiger partial charge in [-0.05, 0) is 85.6 Å². The molecule has 0 amide bonds. The largest absolute Gasteiger partial charge is 0.206 e. The van der Waals surface area contributed by atoms with Crippen LogP contribution >= 0.6 is 0 Å². The van der Waals surface area contributed by atoms with Crippen LogP contribution < -0.4 is 0 Å². The van der Waals surface area contributed by atoms with Gasteiger partial charge in [0.15, 0.2) is 11.6 Å². The van der Waals surface area contributed by atoms with Gasteiger partial charge in [-0.25, -0.2) is 13.2 Å². The predicted molar refractivity (Wildman–Crippen MR) is 149 cm³/mol. The smallest absolute Gasteiger partial charge is 0.166 e. The number of benzene rings is 3. The molecule has 0 nitrogen and oxygen atoms in total. The summed E-state index contributed by atoms with van der Waals surface area (Å²) in [7, 11) is 0. The monoisotopic (exact) mass is 504 g/mol. The van der Waals surface area contributed by atoms with Crippen LogP contribution in [0.2, 0.25) is 0 Å². The first-order valence-corrected chi connectivity index (χ1v) is 14.0. The lowest BCUT2D eigenvalue weighted by Crippen LogP contribution is -2.12. The van der Waals surface area contributed by atoms with Crippen molar-refractivity contribution in [2.75, 3.05) is 0 Å². The Morgan fingerprint density at radius 2 is 1.38 bits per heavy atom. The summed E-state index contributed by atoms with van der Waals surface area (Å²) in [6, 6.07) is 16.0. The summed E-state index contributed by atoms with van der Waals surface area (Å²) in [4.78, 5) is 0. The van der Waals surface area contributed by atoms with Crippen LogP contribution in [0, 0.1) is 23.4 Å². The third kappa shape index (κ3) is 6.74. The molecule has 1 saturated carbocycles. The maximum absolute atomic E-state index is 15.1. The van der Waals surface area contributed by atoms with Gasteiger partial charge in [-0.3, -0.25) is 0 Å². The lowest BCUT2D eigenvalue weighted by atomic mass is 9.78. The van der Waals surface area contributed by atoms with E-state index < -0.39 is 11.6 Å². The van der Waals surface area contributed by atoms with Crippen molar-refractivity contribution in [2.24, 2.45) is 5.92 Å². The Morgan fingerprint density at radius 1 is 0.730 bits per heavy atom. The first kappa shape index (κ1) is 27.2. The molecule has 37 heavy (non-hydrogen) atoms. The van der Waals surface area contributed by atoms with Crippen LogP contribution in [0.1, 0.15) is 88.7 Å². The zero-order chi connectivity index (χ0) is 26.2. The van der Waals surface area contributed by atoms with E-state index in [2.05, 4.69) is 26.0 Å². The van der Waals surface area contributed by atoms with Crippen LogP contribution in [-0.4, -0.2) is 0 Å². The topological polar surface area (TPSA) is 0 Å². The van der Waals surface area contributed by atoms with Crippen molar-refractivity contribution < 1.29 is 13.2 Å². The lowest BCUT2D eigenvalue weighted by molar-refractivity contribution is 0.375. The standard InChI is InChI=1S/C34H39F3/c1-3-5-6-7-8-10-28-19-22-31(34(37)33(28)36)27-17-15-26(16-18-27)30-21-20-29(23-32(30)35)25-13-11-24(9-4-2)12-14-25/h4,9,15-25H,3,5-8,10-14H2,1-2H3. The quantitative estimate of drug-likeness (QED) is 0.190. The normalized spacial score (nSPS) is 18.0. The van der Waals surface area contributed by atoms with Gasteiger partial charge in [0.25, 0.3) is 0 Å². The van der Waals surface area contributed by atoms with Crippen molar-refractivity contribution in [1.82, 2.24) is 0 Å². The van der Waals surface area contributed by atoms with Gasteiger partial charge in [-0.1, -0.05) is 93.3 Å². The molecular formula is C34H39F3. The van der Waals surface area contributed by atoms with E-state index in [1.807, 2.05) is 12.1 Å². The van der Waals surface area contributed by atoms with Crippen LogP contribution in [0.15, 0.2) is 66.7 Å². The fourth-order valence-corrected chi connectivity index (χ4v) is 5.69. The van der Waals surface area contributed by atoms with E-state index in [1.54, 1.807) is 42.5 Å². The molecule has 3 heteroatoms. The van der Waals surface area contributed by atoms with Gasteiger partial charge in [0.2, 0.25) is 0 Å². The number of hydrogen-bond donors (Lipinski definition) is 0. The molecule has 0 aromatic heterocycles. The Bertz CT molecular complexity index is 1180. The number of rotatable bonds is 10. The molecule has 0 unspecified atom stereocenters. The summed E-state index contributed by atoms with van der Waals surface area (Å²) >= 11 is 0. The van der Waals surface area contributed by atoms with E-state index in [0.717, 1.165) is 62.5 Å². The highest BCUT2D eigenvalue weighted by atomic mass is 19.2. The third-order valence-corrected chi connectivity index (χ3v) is 7.92. The SMILES string of the molecule is CC=CC1CCC(c2ccc(-c3ccc(-c4ccc(CCCCCCC)c(F)c4F)cc3)c(F)c2)CC1. The van der Waals surface area contributed by atoms with Gasteiger partial charge >= 0.3 is 0 Å². The van der Waals surface area contributed by atoms with E-state index in [4.69, 9.17) is 0 Å². The Morgan fingerprint density at radius 3 is 2.03 bits per heavy atom. The zero-order valence-electron chi connectivity index (χ0n) is 22.2. The van der Waals surface area contributed by atoms with Crippen molar-refractivity contribution >= 4 is 0 Å². The summed E-state index contributed by atoms with van der Waals surface area (Å²) in [5.41, 5.74) is 3.59. The number of halogens is 3. The Kier molecular flexibility index (Phi) is 9.66. The first-order valence-electron chi connectivity index (χ1n) is 14.0. The minimum Gasteiger partial charge on any atom is -0.206 e. The van der Waals surface area contributed by atoms with E-state index in [-0.39, 0.29) is 11.4 Å². The molecular weight excluding hydrogens is 465 g/mol. The number of allylic oxidation sites excluding steroid dienone is 2. The van der Waals surface area contributed by atoms with Gasteiger partial charge in [0.05, 0.1) is 0 Å². The molecule has 3 aromatic rings. The average molecular weight is 505 g/mol. The molecule has 0 heterocycles. The molecule has 196 valence electrons. The lowest BCUT2D eigenvalue weighted by Gasteiger charge is -2.27. The summed E-state index contributed by atoms with van der Waals surface area (Å²) in [6.45, 7) is 4.22. The number of aryl methyl sites for hydroxylation is 1. The van der Waals surface area contributed by atoms with Crippen LogP contribution in [0.3, 0.4) is 0 Å². The summed E-state index contributed by atoms with van der Waals surface area (Å²) in [5.74, 6) is -0.739. The highest BCUT2D eigenvalue weighted by Gasteiger charge is 2.22. The Balaban J connectivity index is 1.44. The molecule has 3 aromatic carbocycles. The predicted octanol–water partition coefficient (Wildman–Crippen LogP) is 10.8. The zero-order valence-corrected chi connectivity index (χ0v) is 22.2. The van der Waals surface area contributed by atoms with E-state index in [0.29, 0.717) is 34.9 Å². The fraction of sp³-hybridized carbons (Fsp3) is 0.412. The fourth-order valence-electron chi connectivity index (χ4n) is 5.69. The molecule has 0 radical (unpaired) electrons. The minimum absolute atomic E-state index is 0.235. The van der Waals surface area contributed by atoms with Crippen molar-refractivity contribution in [2.45, 2.75) is 84.0 Å². The molecule has 0 N–H and O–H groups in total. The van der Waals surface area contributed by atoms with Crippen molar-refractivity contribution in [3.8, 4) is 22.3 Å². The minimum atomic E-state index is -0.807. The average Bonchev–Trinajstić information content (AvgIpc) is 2.92. The highest BCUT2D eigenvalue weighted by Crippen LogP contribution is 2.38. The third-order valence-electron chi connectivity index (χ3n) is 7.92. The number of unbranched alkanes of at least 4 members (excludes halogenated alkanes) is 4. The van der Waals surface area contributed by atoms with Crippen molar-refractivity contribution in [1.29, 1.82) is 0 Å². The van der Waals surface area contributed by atoms with Gasteiger partial charge in [-0.15, -0.1) is 0 Å². The second-order valence-corrected chi connectivity index (χ2v) is 10.5. The van der Waals surface area contributed by atoms with Gasteiger partial charge in [0, 0.05) is 11.1 Å². The summed E-state index contributed by atoms with van der Waals surface area (Å²) in [6.07, 6.45) is 14.8. The molecule has 0 saturated heterocycles. The summed E-state index contributed by atoms with van der Waals surface area (Å²) < 4.78 is 44.8. The van der Waals surface area contributed by atoms with E-state index >= 15 is 4.39 Å². The molecule has 0 spiro atoms. The van der Waals surface area contributed by atoms with Crippen molar-refractivity contribution in [3.63, 3.8) is 0 Å². The van der Waals surface area contributed by atoms with Gasteiger partial charge < -0.3 is 0 Å². The highest BCUT2D eigenvalue weighted by molar-refractivity contribution is 5.71. The van der Waals surface area contributed by atoms with Crippen LogP contribution in [-0.2, 0) is 6.42 Å². The Hall–Kier alpha value is -2.81. The molecule has 0 aliphatic heterocycles. The second-order valence-electron chi connectivity index (χ2n) is 10.5. The molecule has 1 aliphatic carbocycles. The molecule has 1 aliphatic rings. The van der Waals surface area contributed by atoms with Gasteiger partial charge in [0.1, 0.15) is 5.82 Å². The van der Waals surface area contributed by atoms with Crippen LogP contribution in [0.5, 0.6) is 0 Å². The number of hydrogen-bond acceptors (Lipinski definition) is 0. The second kappa shape index (κ2) is 13.1. The maximum Gasteiger partial charge on any atom is 0.166 e. The van der Waals surface area contributed by atoms with Crippen molar-refractivity contribution in [3.05, 3.63) is 95.3 Å². The molecule has 0 atom stereocenters.